The highest BCUT2D eigenvalue weighted by Gasteiger charge is 2.26. The molecule has 0 unspecified atom stereocenters. The molecule has 0 amide bonds. The zero-order valence-corrected chi connectivity index (χ0v) is 22.4. The van der Waals surface area contributed by atoms with E-state index in [9.17, 15) is 21.6 Å². The summed E-state index contributed by atoms with van der Waals surface area (Å²) in [5.74, 6) is -3.04. The van der Waals surface area contributed by atoms with E-state index in [1.807, 2.05) is 39.6 Å². The lowest BCUT2D eigenvalue weighted by Crippen LogP contribution is -2.27. The third-order valence-electron chi connectivity index (χ3n) is 5.58. The number of thiazole rings is 1. The number of hydrogen-bond donors (Lipinski definition) is 1. The number of ether oxygens (including phenoxy) is 1. The summed E-state index contributed by atoms with van der Waals surface area (Å²) in [5, 5.41) is 4.33. The second-order valence-electron chi connectivity index (χ2n) is 9.04. The van der Waals surface area contributed by atoms with Crippen LogP contribution >= 0.6 is 11.3 Å². The Labute approximate surface area is 214 Å². The summed E-state index contributed by atoms with van der Waals surface area (Å²) < 4.78 is 75.7. The largest absolute Gasteiger partial charge is 0.491 e. The molecule has 0 saturated heterocycles. The number of anilines is 1. The second-order valence-corrected chi connectivity index (χ2v) is 11.7. The molecule has 0 aliphatic rings. The predicted octanol–water partition coefficient (Wildman–Crippen LogP) is 5.77. The first-order valence-corrected chi connectivity index (χ1v) is 14.0. The Balaban J connectivity index is 1.90. The van der Waals surface area contributed by atoms with Gasteiger partial charge in [-0.2, -0.15) is 0 Å². The Morgan fingerprint density at radius 2 is 1.72 bits per heavy atom. The van der Waals surface area contributed by atoms with Gasteiger partial charge in [0.1, 0.15) is 28.1 Å². The van der Waals surface area contributed by atoms with Crippen molar-refractivity contribution in [3.05, 3.63) is 69.4 Å². The molecule has 0 saturated carbocycles. The predicted molar refractivity (Wildman–Crippen MR) is 135 cm³/mol. The van der Waals surface area contributed by atoms with E-state index in [1.165, 1.54) is 28.3 Å². The Hall–Kier alpha value is -2.63. The van der Waals surface area contributed by atoms with Gasteiger partial charge < -0.3 is 10.1 Å². The van der Waals surface area contributed by atoms with E-state index in [1.54, 1.807) is 6.07 Å². The van der Waals surface area contributed by atoms with Crippen molar-refractivity contribution < 1.29 is 26.3 Å². The minimum Gasteiger partial charge on any atom is -0.491 e. The number of benzene rings is 2. The summed E-state index contributed by atoms with van der Waals surface area (Å²) in [7, 11) is -2.39. The van der Waals surface area contributed by atoms with Gasteiger partial charge in [0, 0.05) is 41.3 Å². The van der Waals surface area contributed by atoms with Crippen LogP contribution in [0.3, 0.4) is 0 Å². The molecule has 196 valence electrons. The molecule has 1 heterocycles. The van der Waals surface area contributed by atoms with E-state index in [-0.39, 0.29) is 30.1 Å². The number of halogens is 3. The van der Waals surface area contributed by atoms with E-state index >= 15 is 0 Å². The Bertz CT molecular complexity index is 1270. The van der Waals surface area contributed by atoms with E-state index in [2.05, 4.69) is 10.3 Å². The monoisotopic (exact) mass is 541 g/mol. The van der Waals surface area contributed by atoms with Crippen molar-refractivity contribution in [2.45, 2.75) is 63.6 Å². The highest BCUT2D eigenvalue weighted by molar-refractivity contribution is 7.90. The van der Waals surface area contributed by atoms with Gasteiger partial charge in [-0.05, 0) is 59.0 Å². The lowest BCUT2D eigenvalue weighted by atomic mass is 10.0. The maximum absolute atomic E-state index is 14.9. The molecule has 0 spiro atoms. The Kier molecular flexibility index (Phi) is 9.02. The molecule has 6 nitrogen and oxygen atoms in total. The van der Waals surface area contributed by atoms with Crippen LogP contribution in [0, 0.1) is 17.5 Å². The minimum absolute atomic E-state index is 0.0182. The van der Waals surface area contributed by atoms with Crippen molar-refractivity contribution in [3.8, 4) is 5.75 Å². The quantitative estimate of drug-likeness (QED) is 0.332. The summed E-state index contributed by atoms with van der Waals surface area (Å²) >= 11 is 1.19. The van der Waals surface area contributed by atoms with Crippen LogP contribution in [0.2, 0.25) is 0 Å². The fraction of sp³-hybridized carbons (Fsp3) is 0.400. The van der Waals surface area contributed by atoms with Crippen LogP contribution in [0.5, 0.6) is 5.75 Å². The fourth-order valence-corrected chi connectivity index (χ4v) is 5.60. The highest BCUT2D eigenvalue weighted by atomic mass is 32.2. The highest BCUT2D eigenvalue weighted by Crippen LogP contribution is 2.30. The molecule has 1 aromatic heterocycles. The van der Waals surface area contributed by atoms with Crippen molar-refractivity contribution in [3.63, 3.8) is 0 Å². The van der Waals surface area contributed by atoms with E-state index in [4.69, 9.17) is 4.74 Å². The molecule has 0 aliphatic carbocycles. The van der Waals surface area contributed by atoms with Gasteiger partial charge >= 0.3 is 0 Å². The lowest BCUT2D eigenvalue weighted by Gasteiger charge is -2.25. The zero-order chi connectivity index (χ0) is 26.6. The molecule has 3 aromatic rings. The van der Waals surface area contributed by atoms with Crippen LogP contribution in [0.4, 0.5) is 18.9 Å². The standard InChI is InChI=1S/C25H30F3N3O3S2/c1-15(2)31(5)11-20-19(21(26)6-7-24(20)34-16(3)4)10-29-17-8-22(27)25(23(28)9-17)36(32,33)13-18-12-35-14-30-18/h6-9,12,14-16,29H,10-11,13H2,1-5H3. The average Bonchev–Trinajstić information content (AvgIpc) is 3.26. The van der Waals surface area contributed by atoms with Gasteiger partial charge in [-0.25, -0.2) is 26.6 Å². The SMILES string of the molecule is CC(C)Oc1ccc(F)c(CNc2cc(F)c(S(=O)(=O)Cc3cscn3)c(F)c2)c1CN(C)C(C)C. The molecule has 1 N–H and O–H groups in total. The molecule has 11 heteroatoms. The molecule has 3 rings (SSSR count). The van der Waals surface area contributed by atoms with Crippen LogP contribution < -0.4 is 10.1 Å². The molecule has 0 bridgehead atoms. The van der Waals surface area contributed by atoms with Crippen molar-refractivity contribution in [2.24, 2.45) is 0 Å². The normalized spacial score (nSPS) is 12.1. The van der Waals surface area contributed by atoms with E-state index < -0.39 is 37.9 Å². The molecule has 0 radical (unpaired) electrons. The topological polar surface area (TPSA) is 71.5 Å². The second kappa shape index (κ2) is 11.6. The molecular weight excluding hydrogens is 511 g/mol. The van der Waals surface area contributed by atoms with Gasteiger partial charge in [0.25, 0.3) is 0 Å². The lowest BCUT2D eigenvalue weighted by molar-refractivity contribution is 0.225. The third kappa shape index (κ3) is 6.77. The van der Waals surface area contributed by atoms with Crippen LogP contribution in [0.25, 0.3) is 0 Å². The first-order valence-electron chi connectivity index (χ1n) is 11.4. The van der Waals surface area contributed by atoms with Crippen molar-refractivity contribution in [1.29, 1.82) is 0 Å². The first kappa shape index (κ1) is 27.9. The number of sulfone groups is 1. The van der Waals surface area contributed by atoms with Crippen LogP contribution in [-0.2, 0) is 28.7 Å². The minimum atomic E-state index is -4.30. The van der Waals surface area contributed by atoms with Gasteiger partial charge in [0.15, 0.2) is 9.84 Å². The van der Waals surface area contributed by atoms with E-state index in [0.717, 1.165) is 12.1 Å². The first-order chi connectivity index (χ1) is 16.9. The average molecular weight is 542 g/mol. The van der Waals surface area contributed by atoms with Gasteiger partial charge in [-0.3, -0.25) is 4.90 Å². The van der Waals surface area contributed by atoms with Crippen molar-refractivity contribution >= 4 is 26.9 Å². The van der Waals surface area contributed by atoms with Gasteiger partial charge in [-0.15, -0.1) is 11.3 Å². The fourth-order valence-electron chi connectivity index (χ4n) is 3.53. The van der Waals surface area contributed by atoms with Crippen molar-refractivity contribution in [2.75, 3.05) is 12.4 Å². The summed E-state index contributed by atoms with van der Waals surface area (Å²) in [5.41, 5.74) is 2.55. The Morgan fingerprint density at radius 3 is 2.28 bits per heavy atom. The van der Waals surface area contributed by atoms with Gasteiger partial charge in [0.05, 0.1) is 23.1 Å². The summed E-state index contributed by atoms with van der Waals surface area (Å²) in [6, 6.07) is 4.84. The maximum atomic E-state index is 14.9. The van der Waals surface area contributed by atoms with E-state index in [0.29, 0.717) is 23.4 Å². The van der Waals surface area contributed by atoms with Gasteiger partial charge in [0.2, 0.25) is 0 Å². The molecule has 0 atom stereocenters. The number of hydrogen-bond acceptors (Lipinski definition) is 7. The number of aromatic nitrogens is 1. The molecule has 36 heavy (non-hydrogen) atoms. The maximum Gasteiger partial charge on any atom is 0.189 e. The summed E-state index contributed by atoms with van der Waals surface area (Å²) in [4.78, 5) is 4.88. The molecule has 2 aromatic carbocycles. The number of nitrogens with one attached hydrogen (secondary N) is 1. The molecular formula is C25H30F3N3O3S2. The number of nitrogens with zero attached hydrogens (tertiary/aromatic N) is 2. The molecule has 0 fully saturated rings. The summed E-state index contributed by atoms with van der Waals surface area (Å²) in [6.07, 6.45) is -0.138. The van der Waals surface area contributed by atoms with Crippen molar-refractivity contribution in [1.82, 2.24) is 9.88 Å². The van der Waals surface area contributed by atoms with Crippen LogP contribution in [0.15, 0.2) is 40.1 Å². The third-order valence-corrected chi connectivity index (χ3v) is 7.91. The summed E-state index contributed by atoms with van der Waals surface area (Å²) in [6.45, 7) is 8.06. The zero-order valence-electron chi connectivity index (χ0n) is 20.8. The molecule has 0 aliphatic heterocycles. The van der Waals surface area contributed by atoms with Gasteiger partial charge in [-0.1, -0.05) is 0 Å². The van der Waals surface area contributed by atoms with Crippen LogP contribution in [0.1, 0.15) is 44.5 Å². The Morgan fingerprint density at radius 1 is 1.06 bits per heavy atom. The van der Waals surface area contributed by atoms with Crippen LogP contribution in [-0.4, -0.2) is 37.5 Å². The number of rotatable bonds is 11. The smallest absolute Gasteiger partial charge is 0.189 e.